The van der Waals surface area contributed by atoms with Crippen LogP contribution in [0.3, 0.4) is 0 Å². The molecule has 0 radical (unpaired) electrons. The zero-order chi connectivity index (χ0) is 9.84. The lowest BCUT2D eigenvalue weighted by molar-refractivity contribution is 0.119. The van der Waals surface area contributed by atoms with Crippen molar-refractivity contribution in [3.63, 3.8) is 0 Å². The minimum atomic E-state index is -1.40. The molecule has 0 saturated carbocycles. The molecule has 1 atom stereocenters. The summed E-state index contributed by atoms with van der Waals surface area (Å²) in [5.41, 5.74) is 1.51. The molecule has 70 valence electrons. The van der Waals surface area contributed by atoms with E-state index < -0.39 is 7.12 Å². The van der Waals surface area contributed by atoms with Crippen LogP contribution in [-0.4, -0.2) is 24.3 Å². The van der Waals surface area contributed by atoms with Crippen LogP contribution in [0.4, 0.5) is 0 Å². The molecule has 0 spiro atoms. The van der Waals surface area contributed by atoms with Crippen molar-refractivity contribution in [3.05, 3.63) is 29.8 Å². The van der Waals surface area contributed by atoms with E-state index in [0.717, 1.165) is 5.56 Å². The van der Waals surface area contributed by atoms with E-state index in [0.29, 0.717) is 5.46 Å². The predicted molar refractivity (Wildman–Crippen MR) is 51.7 cm³/mol. The molecule has 2 N–H and O–H groups in total. The van der Waals surface area contributed by atoms with Crippen molar-refractivity contribution in [3.8, 4) is 0 Å². The molecular weight excluding hydrogens is 167 g/mol. The van der Waals surface area contributed by atoms with E-state index in [1.54, 1.807) is 19.2 Å². The third-order valence-electron chi connectivity index (χ3n) is 2.06. The summed E-state index contributed by atoms with van der Waals surface area (Å²) in [6.07, 6.45) is 0.0323. The van der Waals surface area contributed by atoms with Crippen LogP contribution in [0.2, 0.25) is 0 Å². The van der Waals surface area contributed by atoms with Crippen LogP contribution in [0, 0.1) is 0 Å². The number of hydrogen-bond acceptors (Lipinski definition) is 3. The Bertz CT molecular complexity index is 258. The van der Waals surface area contributed by atoms with E-state index in [1.165, 1.54) is 0 Å². The molecule has 0 amide bonds. The molecule has 0 bridgehead atoms. The van der Waals surface area contributed by atoms with Gasteiger partial charge < -0.3 is 14.8 Å². The Balaban J connectivity index is 2.81. The van der Waals surface area contributed by atoms with Gasteiger partial charge in [0.15, 0.2) is 0 Å². The minimum Gasteiger partial charge on any atom is -0.423 e. The summed E-state index contributed by atoms with van der Waals surface area (Å²) in [4.78, 5) is 0. The van der Waals surface area contributed by atoms with Crippen molar-refractivity contribution in [1.82, 2.24) is 0 Å². The van der Waals surface area contributed by atoms with Crippen LogP contribution < -0.4 is 5.46 Å². The Labute approximate surface area is 78.1 Å². The molecule has 0 fully saturated rings. The third-order valence-corrected chi connectivity index (χ3v) is 2.06. The first-order valence-electron chi connectivity index (χ1n) is 4.14. The fourth-order valence-electron chi connectivity index (χ4n) is 1.08. The maximum Gasteiger partial charge on any atom is 0.488 e. The van der Waals surface area contributed by atoms with Gasteiger partial charge in [0.05, 0.1) is 6.10 Å². The fraction of sp³-hybridized carbons (Fsp3) is 0.333. The second-order valence-corrected chi connectivity index (χ2v) is 2.92. The number of methoxy groups -OCH3 is 1. The largest absolute Gasteiger partial charge is 0.488 e. The number of hydrogen-bond donors (Lipinski definition) is 2. The quantitative estimate of drug-likeness (QED) is 0.647. The molecule has 0 saturated heterocycles. The predicted octanol–water partition coefficient (Wildman–Crippen LogP) is 0.0738. The van der Waals surface area contributed by atoms with E-state index in [9.17, 15) is 0 Å². The van der Waals surface area contributed by atoms with Crippen LogP contribution in [0.15, 0.2) is 24.3 Å². The number of ether oxygens (including phenoxy) is 1. The van der Waals surface area contributed by atoms with E-state index >= 15 is 0 Å². The number of rotatable bonds is 3. The second-order valence-electron chi connectivity index (χ2n) is 2.92. The van der Waals surface area contributed by atoms with Gasteiger partial charge in [-0.2, -0.15) is 0 Å². The average molecular weight is 180 g/mol. The van der Waals surface area contributed by atoms with Gasteiger partial charge in [0.2, 0.25) is 0 Å². The molecular formula is C9H13BO3. The summed E-state index contributed by atoms with van der Waals surface area (Å²) < 4.78 is 5.11. The maximum atomic E-state index is 8.83. The molecule has 13 heavy (non-hydrogen) atoms. The summed E-state index contributed by atoms with van der Waals surface area (Å²) >= 11 is 0. The summed E-state index contributed by atoms with van der Waals surface area (Å²) in [5.74, 6) is 0. The molecule has 1 rings (SSSR count). The van der Waals surface area contributed by atoms with Gasteiger partial charge >= 0.3 is 7.12 Å². The van der Waals surface area contributed by atoms with Crippen LogP contribution in [0.25, 0.3) is 0 Å². The maximum absolute atomic E-state index is 8.83. The lowest BCUT2D eigenvalue weighted by Gasteiger charge is -2.09. The monoisotopic (exact) mass is 180 g/mol. The van der Waals surface area contributed by atoms with Crippen LogP contribution in [0.5, 0.6) is 0 Å². The molecule has 0 heterocycles. The Morgan fingerprint density at radius 3 is 2.15 bits per heavy atom. The highest BCUT2D eigenvalue weighted by Crippen LogP contribution is 2.13. The lowest BCUT2D eigenvalue weighted by atomic mass is 9.80. The number of benzene rings is 1. The summed E-state index contributed by atoms with van der Waals surface area (Å²) in [6.45, 7) is 1.93. The van der Waals surface area contributed by atoms with E-state index in [2.05, 4.69) is 0 Å². The zero-order valence-electron chi connectivity index (χ0n) is 7.77. The highest BCUT2D eigenvalue weighted by Gasteiger charge is 2.10. The SMILES string of the molecule is CO[C@@H](C)c1ccc(B(O)O)cc1. The van der Waals surface area contributed by atoms with Gasteiger partial charge in [-0.25, -0.2) is 0 Å². The van der Waals surface area contributed by atoms with Gasteiger partial charge in [0, 0.05) is 7.11 Å². The fourth-order valence-corrected chi connectivity index (χ4v) is 1.08. The highest BCUT2D eigenvalue weighted by atomic mass is 16.5. The Hall–Kier alpha value is -0.835. The average Bonchev–Trinajstić information content (AvgIpc) is 2.17. The van der Waals surface area contributed by atoms with Gasteiger partial charge in [0.1, 0.15) is 0 Å². The highest BCUT2D eigenvalue weighted by molar-refractivity contribution is 6.58. The summed E-state index contributed by atoms with van der Waals surface area (Å²) in [6, 6.07) is 7.00. The van der Waals surface area contributed by atoms with Crippen molar-refractivity contribution in [2.75, 3.05) is 7.11 Å². The molecule has 3 nitrogen and oxygen atoms in total. The third kappa shape index (κ3) is 2.55. The van der Waals surface area contributed by atoms with Gasteiger partial charge in [-0.05, 0) is 17.9 Å². The first-order valence-corrected chi connectivity index (χ1v) is 4.14. The van der Waals surface area contributed by atoms with Crippen molar-refractivity contribution >= 4 is 12.6 Å². The topological polar surface area (TPSA) is 49.7 Å². The minimum absolute atomic E-state index is 0.0323. The standard InChI is InChI=1S/C9H13BO3/c1-7(13-2)8-3-5-9(6-4-8)10(11)12/h3-7,11-12H,1-2H3/t7-/m0/s1. The lowest BCUT2D eigenvalue weighted by Crippen LogP contribution is -2.29. The smallest absolute Gasteiger partial charge is 0.423 e. The second kappa shape index (κ2) is 4.41. The van der Waals surface area contributed by atoms with Gasteiger partial charge in [0.25, 0.3) is 0 Å². The van der Waals surface area contributed by atoms with Crippen LogP contribution in [-0.2, 0) is 4.74 Å². The molecule has 4 heteroatoms. The van der Waals surface area contributed by atoms with Crippen molar-refractivity contribution in [1.29, 1.82) is 0 Å². The van der Waals surface area contributed by atoms with Crippen LogP contribution >= 0.6 is 0 Å². The molecule has 0 unspecified atom stereocenters. The van der Waals surface area contributed by atoms with Crippen molar-refractivity contribution in [2.45, 2.75) is 13.0 Å². The molecule has 1 aromatic rings. The Morgan fingerprint density at radius 1 is 1.23 bits per heavy atom. The molecule has 1 aromatic carbocycles. The zero-order valence-corrected chi connectivity index (χ0v) is 7.77. The molecule has 0 aliphatic heterocycles. The Kier molecular flexibility index (Phi) is 3.48. The summed E-state index contributed by atoms with van der Waals surface area (Å²) in [5, 5.41) is 17.7. The molecule has 0 aliphatic carbocycles. The first-order chi connectivity index (χ1) is 6.15. The first kappa shape index (κ1) is 10.2. The van der Waals surface area contributed by atoms with Gasteiger partial charge in [-0.3, -0.25) is 0 Å². The molecule has 0 aromatic heterocycles. The van der Waals surface area contributed by atoms with Gasteiger partial charge in [-0.15, -0.1) is 0 Å². The normalized spacial score (nSPS) is 12.6. The van der Waals surface area contributed by atoms with Crippen molar-refractivity contribution < 1.29 is 14.8 Å². The van der Waals surface area contributed by atoms with Gasteiger partial charge in [-0.1, -0.05) is 24.3 Å². The molecule has 0 aliphatic rings. The summed E-state index contributed by atoms with van der Waals surface area (Å²) in [7, 11) is 0.242. The van der Waals surface area contributed by atoms with Crippen LogP contribution in [0.1, 0.15) is 18.6 Å². The van der Waals surface area contributed by atoms with E-state index in [4.69, 9.17) is 14.8 Å². The van der Waals surface area contributed by atoms with E-state index in [-0.39, 0.29) is 6.10 Å². The Morgan fingerprint density at radius 2 is 1.77 bits per heavy atom. The van der Waals surface area contributed by atoms with E-state index in [1.807, 2.05) is 19.1 Å². The van der Waals surface area contributed by atoms with Crippen molar-refractivity contribution in [2.24, 2.45) is 0 Å².